The van der Waals surface area contributed by atoms with Crippen molar-refractivity contribution in [3.05, 3.63) is 53.1 Å². The Balaban J connectivity index is 1.38. The van der Waals surface area contributed by atoms with E-state index in [1.54, 1.807) is 30.3 Å². The second-order valence-electron chi connectivity index (χ2n) is 7.68. The van der Waals surface area contributed by atoms with E-state index in [2.05, 4.69) is 10.6 Å². The Hall–Kier alpha value is -3.35. The summed E-state index contributed by atoms with van der Waals surface area (Å²) in [6, 6.07) is 10.7. The zero-order valence-corrected chi connectivity index (χ0v) is 17.0. The lowest BCUT2D eigenvalue weighted by molar-refractivity contribution is -0.118. The van der Waals surface area contributed by atoms with Crippen LogP contribution in [0.15, 0.2) is 36.4 Å². The van der Waals surface area contributed by atoms with Crippen molar-refractivity contribution in [1.82, 2.24) is 4.90 Å². The van der Waals surface area contributed by atoms with Crippen LogP contribution in [-0.4, -0.2) is 42.3 Å². The maximum atomic E-state index is 12.7. The van der Waals surface area contributed by atoms with E-state index in [-0.39, 0.29) is 24.3 Å². The Kier molecular flexibility index (Phi) is 5.70. The molecule has 2 heterocycles. The quantitative estimate of drug-likeness (QED) is 0.797. The van der Waals surface area contributed by atoms with Gasteiger partial charge in [0.1, 0.15) is 5.75 Å². The summed E-state index contributed by atoms with van der Waals surface area (Å²) in [5.41, 5.74) is 3.77. The number of rotatable bonds is 5. The second-order valence-corrected chi connectivity index (χ2v) is 7.68. The van der Waals surface area contributed by atoms with Gasteiger partial charge in [0.25, 0.3) is 11.8 Å². The van der Waals surface area contributed by atoms with E-state index >= 15 is 0 Å². The molecule has 2 aromatic carbocycles. The molecule has 156 valence electrons. The smallest absolute Gasteiger partial charge is 0.262 e. The number of amides is 3. The number of hydrogen-bond donors (Lipinski definition) is 2. The zero-order chi connectivity index (χ0) is 21.1. The molecule has 30 heavy (non-hydrogen) atoms. The number of nitrogens with zero attached hydrogens (tertiary/aromatic N) is 1. The van der Waals surface area contributed by atoms with Gasteiger partial charge in [0.05, 0.1) is 0 Å². The lowest BCUT2D eigenvalue weighted by atomic mass is 10.0. The van der Waals surface area contributed by atoms with Gasteiger partial charge in [-0.3, -0.25) is 14.4 Å². The summed E-state index contributed by atoms with van der Waals surface area (Å²) in [6.07, 6.45) is 3.17. The molecule has 0 atom stereocenters. The molecule has 2 N–H and O–H groups in total. The number of likely N-dealkylation sites (tertiary alicyclic amines) is 1. The van der Waals surface area contributed by atoms with Crippen LogP contribution in [-0.2, 0) is 16.0 Å². The number of benzene rings is 2. The Morgan fingerprint density at radius 2 is 1.93 bits per heavy atom. The molecule has 0 aromatic heterocycles. The SMILES string of the molecule is Cc1c(NC(=O)COc2ccc3c(c2)CCC(=O)N3)cccc1C(=O)N1CCCC1. The van der Waals surface area contributed by atoms with Crippen LogP contribution in [0.5, 0.6) is 5.75 Å². The van der Waals surface area contributed by atoms with Crippen molar-refractivity contribution in [2.45, 2.75) is 32.6 Å². The first-order chi connectivity index (χ1) is 14.5. The molecule has 0 radical (unpaired) electrons. The minimum atomic E-state index is -0.296. The molecule has 7 heteroatoms. The van der Waals surface area contributed by atoms with E-state index in [0.29, 0.717) is 29.8 Å². The molecule has 2 aliphatic rings. The van der Waals surface area contributed by atoms with Crippen molar-refractivity contribution in [2.75, 3.05) is 30.3 Å². The van der Waals surface area contributed by atoms with Gasteiger partial charge < -0.3 is 20.3 Å². The highest BCUT2D eigenvalue weighted by Crippen LogP contribution is 2.27. The van der Waals surface area contributed by atoms with E-state index < -0.39 is 0 Å². The van der Waals surface area contributed by atoms with Crippen molar-refractivity contribution in [2.24, 2.45) is 0 Å². The van der Waals surface area contributed by atoms with Gasteiger partial charge in [-0.2, -0.15) is 0 Å². The van der Waals surface area contributed by atoms with Gasteiger partial charge in [-0.15, -0.1) is 0 Å². The third kappa shape index (κ3) is 4.30. The number of ether oxygens (including phenoxy) is 1. The largest absolute Gasteiger partial charge is 0.484 e. The highest BCUT2D eigenvalue weighted by molar-refractivity contribution is 5.99. The standard InChI is InChI=1S/C23H25N3O4/c1-15-18(23(29)26-11-2-3-12-26)5-4-6-19(15)24-22(28)14-30-17-8-9-20-16(13-17)7-10-21(27)25-20/h4-6,8-9,13H,2-3,7,10-12,14H2,1H3,(H,24,28)(H,25,27). The van der Waals surface area contributed by atoms with Gasteiger partial charge in [-0.1, -0.05) is 6.07 Å². The number of nitrogens with one attached hydrogen (secondary N) is 2. The van der Waals surface area contributed by atoms with Gasteiger partial charge in [-0.05, 0) is 67.6 Å². The van der Waals surface area contributed by atoms with Crippen molar-refractivity contribution < 1.29 is 19.1 Å². The van der Waals surface area contributed by atoms with Crippen molar-refractivity contribution in [1.29, 1.82) is 0 Å². The Labute approximate surface area is 175 Å². The maximum Gasteiger partial charge on any atom is 0.262 e. The lowest BCUT2D eigenvalue weighted by Gasteiger charge is -2.19. The molecule has 0 spiro atoms. The van der Waals surface area contributed by atoms with E-state index in [1.165, 1.54) is 0 Å². The van der Waals surface area contributed by atoms with Gasteiger partial charge >= 0.3 is 0 Å². The zero-order valence-electron chi connectivity index (χ0n) is 17.0. The highest BCUT2D eigenvalue weighted by atomic mass is 16.5. The first kappa shape index (κ1) is 19.9. The molecule has 0 saturated carbocycles. The van der Waals surface area contributed by atoms with Crippen LogP contribution in [0.2, 0.25) is 0 Å². The first-order valence-electron chi connectivity index (χ1n) is 10.3. The minimum absolute atomic E-state index is 0.0105. The third-order valence-electron chi connectivity index (χ3n) is 5.57. The summed E-state index contributed by atoms with van der Waals surface area (Å²) in [5, 5.41) is 5.66. The molecule has 2 aliphatic heterocycles. The van der Waals surface area contributed by atoms with E-state index in [0.717, 1.165) is 42.7 Å². The number of carbonyl (C=O) groups is 3. The van der Waals surface area contributed by atoms with Crippen LogP contribution in [0.1, 0.15) is 40.7 Å². The second kappa shape index (κ2) is 8.57. The Bertz CT molecular complexity index is 996. The molecule has 1 fully saturated rings. The summed E-state index contributed by atoms with van der Waals surface area (Å²) < 4.78 is 5.63. The molecule has 2 aromatic rings. The van der Waals surface area contributed by atoms with Crippen LogP contribution in [0.4, 0.5) is 11.4 Å². The van der Waals surface area contributed by atoms with Crippen LogP contribution < -0.4 is 15.4 Å². The molecule has 0 unspecified atom stereocenters. The third-order valence-corrected chi connectivity index (χ3v) is 5.57. The molecule has 0 bridgehead atoms. The van der Waals surface area contributed by atoms with Crippen molar-refractivity contribution >= 4 is 29.1 Å². The molecule has 0 aliphatic carbocycles. The molecular weight excluding hydrogens is 382 g/mol. The summed E-state index contributed by atoms with van der Waals surface area (Å²) in [6.45, 7) is 3.27. The summed E-state index contributed by atoms with van der Waals surface area (Å²) in [7, 11) is 0. The average Bonchev–Trinajstić information content (AvgIpc) is 3.28. The van der Waals surface area contributed by atoms with Gasteiger partial charge in [0.15, 0.2) is 6.61 Å². The van der Waals surface area contributed by atoms with E-state index in [9.17, 15) is 14.4 Å². The summed E-state index contributed by atoms with van der Waals surface area (Å²) in [5.74, 6) is 0.305. The van der Waals surface area contributed by atoms with Gasteiger partial charge in [0.2, 0.25) is 5.91 Å². The van der Waals surface area contributed by atoms with E-state index in [4.69, 9.17) is 4.74 Å². The summed E-state index contributed by atoms with van der Waals surface area (Å²) >= 11 is 0. The van der Waals surface area contributed by atoms with Gasteiger partial charge in [-0.25, -0.2) is 0 Å². The number of anilines is 2. The topological polar surface area (TPSA) is 87.7 Å². The molecule has 7 nitrogen and oxygen atoms in total. The van der Waals surface area contributed by atoms with Crippen LogP contribution in [0, 0.1) is 6.92 Å². The molecular formula is C23H25N3O4. The van der Waals surface area contributed by atoms with Crippen molar-refractivity contribution in [3.63, 3.8) is 0 Å². The molecule has 4 rings (SSSR count). The van der Waals surface area contributed by atoms with Crippen molar-refractivity contribution in [3.8, 4) is 5.75 Å². The first-order valence-corrected chi connectivity index (χ1v) is 10.3. The normalized spacial score (nSPS) is 15.4. The van der Waals surface area contributed by atoms with E-state index in [1.807, 2.05) is 17.9 Å². The van der Waals surface area contributed by atoms with Crippen LogP contribution in [0.3, 0.4) is 0 Å². The van der Waals surface area contributed by atoms with Crippen LogP contribution >= 0.6 is 0 Å². The van der Waals surface area contributed by atoms with Crippen LogP contribution in [0.25, 0.3) is 0 Å². The minimum Gasteiger partial charge on any atom is -0.484 e. The Morgan fingerprint density at radius 3 is 2.73 bits per heavy atom. The highest BCUT2D eigenvalue weighted by Gasteiger charge is 2.22. The maximum absolute atomic E-state index is 12.7. The number of aryl methyl sites for hydroxylation is 1. The Morgan fingerprint density at radius 1 is 1.13 bits per heavy atom. The molecule has 1 saturated heterocycles. The fourth-order valence-corrected chi connectivity index (χ4v) is 3.88. The lowest BCUT2D eigenvalue weighted by Crippen LogP contribution is -2.28. The number of carbonyl (C=O) groups excluding carboxylic acids is 3. The predicted molar refractivity (Wildman–Crippen MR) is 114 cm³/mol. The number of fused-ring (bicyclic) bond motifs is 1. The fourth-order valence-electron chi connectivity index (χ4n) is 3.88. The molecule has 3 amide bonds. The number of hydrogen-bond acceptors (Lipinski definition) is 4. The fraction of sp³-hybridized carbons (Fsp3) is 0.348. The van der Waals surface area contributed by atoms with Gasteiger partial charge in [0, 0.05) is 36.4 Å². The monoisotopic (exact) mass is 407 g/mol. The summed E-state index contributed by atoms with van der Waals surface area (Å²) in [4.78, 5) is 38.4. The predicted octanol–water partition coefficient (Wildman–Crippen LogP) is 3.13. The average molecular weight is 407 g/mol.